The van der Waals surface area contributed by atoms with Crippen molar-refractivity contribution in [2.45, 2.75) is 70.9 Å². The van der Waals surface area contributed by atoms with Gasteiger partial charge >= 0.3 is 6.09 Å². The van der Waals surface area contributed by atoms with Crippen LogP contribution in [-0.4, -0.2) is 39.2 Å². The molecule has 37 heavy (non-hydrogen) atoms. The molecule has 1 unspecified atom stereocenters. The monoisotopic (exact) mass is 500 g/mol. The Hall–Kier alpha value is -3.79. The average molecular weight is 501 g/mol. The number of nitrogens with zero attached hydrogens (tertiary/aromatic N) is 4. The van der Waals surface area contributed by atoms with Gasteiger partial charge in [0.15, 0.2) is 0 Å². The Labute approximate surface area is 219 Å². The minimum Gasteiger partial charge on any atom is -0.456 e. The minimum absolute atomic E-state index is 0.200. The molecule has 1 aromatic heterocycles. The second kappa shape index (κ2) is 11.1. The smallest absolute Gasteiger partial charge is 0.410 e. The SMILES string of the molecule is CCC1(c2cccc(Oc3cc(Cn4ccnc4)ccc3C#N)c2)CCCCN(C(=O)OC(C)(C)C)C1. The lowest BCUT2D eigenvalue weighted by Gasteiger charge is -2.37. The van der Waals surface area contributed by atoms with E-state index in [9.17, 15) is 10.1 Å². The van der Waals surface area contributed by atoms with E-state index >= 15 is 0 Å². The van der Waals surface area contributed by atoms with Crippen LogP contribution in [0.2, 0.25) is 0 Å². The van der Waals surface area contributed by atoms with Gasteiger partial charge in [0.1, 0.15) is 23.2 Å². The van der Waals surface area contributed by atoms with Crippen molar-refractivity contribution in [3.05, 3.63) is 77.9 Å². The molecule has 1 fully saturated rings. The van der Waals surface area contributed by atoms with Gasteiger partial charge in [0, 0.05) is 37.4 Å². The fourth-order valence-corrected chi connectivity index (χ4v) is 4.95. The van der Waals surface area contributed by atoms with Gasteiger partial charge in [-0.25, -0.2) is 9.78 Å². The minimum atomic E-state index is -0.531. The number of nitriles is 1. The van der Waals surface area contributed by atoms with Gasteiger partial charge in [-0.05, 0) is 75.4 Å². The largest absolute Gasteiger partial charge is 0.456 e. The van der Waals surface area contributed by atoms with Crippen LogP contribution in [-0.2, 0) is 16.7 Å². The van der Waals surface area contributed by atoms with Crippen LogP contribution in [0.1, 0.15) is 70.1 Å². The van der Waals surface area contributed by atoms with Crippen LogP contribution in [0.15, 0.2) is 61.2 Å². The number of carbonyl (C=O) groups is 1. The predicted octanol–water partition coefficient (Wildman–Crippen LogP) is 6.66. The molecule has 1 amide bonds. The number of carbonyl (C=O) groups excluding carboxylic acids is 1. The van der Waals surface area contributed by atoms with Crippen LogP contribution >= 0.6 is 0 Å². The van der Waals surface area contributed by atoms with E-state index in [-0.39, 0.29) is 11.5 Å². The van der Waals surface area contributed by atoms with Gasteiger partial charge < -0.3 is 18.9 Å². The lowest BCUT2D eigenvalue weighted by atomic mass is 9.74. The van der Waals surface area contributed by atoms with Gasteiger partial charge in [0.2, 0.25) is 0 Å². The van der Waals surface area contributed by atoms with Crippen molar-refractivity contribution >= 4 is 6.09 Å². The van der Waals surface area contributed by atoms with Crippen LogP contribution in [0.3, 0.4) is 0 Å². The van der Waals surface area contributed by atoms with Gasteiger partial charge in [-0.1, -0.05) is 31.5 Å². The van der Waals surface area contributed by atoms with E-state index in [1.165, 1.54) is 0 Å². The topological polar surface area (TPSA) is 80.4 Å². The van der Waals surface area contributed by atoms with E-state index in [1.54, 1.807) is 18.6 Å². The molecule has 7 nitrogen and oxygen atoms in total. The molecule has 0 N–H and O–H groups in total. The molecule has 1 atom stereocenters. The summed E-state index contributed by atoms with van der Waals surface area (Å²) in [7, 11) is 0. The maximum atomic E-state index is 13.0. The van der Waals surface area contributed by atoms with Gasteiger partial charge in [0.05, 0.1) is 11.9 Å². The van der Waals surface area contributed by atoms with E-state index < -0.39 is 5.60 Å². The predicted molar refractivity (Wildman–Crippen MR) is 143 cm³/mol. The second-order valence-corrected chi connectivity index (χ2v) is 10.8. The molecular formula is C30H36N4O3. The van der Waals surface area contributed by atoms with E-state index in [4.69, 9.17) is 9.47 Å². The second-order valence-electron chi connectivity index (χ2n) is 10.8. The fourth-order valence-electron chi connectivity index (χ4n) is 4.95. The van der Waals surface area contributed by atoms with Crippen molar-refractivity contribution in [2.24, 2.45) is 0 Å². The van der Waals surface area contributed by atoms with E-state index in [0.29, 0.717) is 36.7 Å². The number of rotatable bonds is 6. The molecule has 194 valence electrons. The number of ether oxygens (including phenoxy) is 2. The van der Waals surface area contributed by atoms with Crippen LogP contribution < -0.4 is 4.74 Å². The Bertz CT molecular complexity index is 1260. The lowest BCUT2D eigenvalue weighted by Crippen LogP contribution is -2.44. The van der Waals surface area contributed by atoms with E-state index in [1.807, 2.05) is 60.7 Å². The summed E-state index contributed by atoms with van der Waals surface area (Å²) in [5, 5.41) is 9.68. The number of hydrogen-bond donors (Lipinski definition) is 0. The highest BCUT2D eigenvalue weighted by Crippen LogP contribution is 2.39. The molecule has 0 saturated carbocycles. The number of likely N-dealkylation sites (tertiary alicyclic amines) is 1. The van der Waals surface area contributed by atoms with E-state index in [0.717, 1.165) is 36.8 Å². The summed E-state index contributed by atoms with van der Waals surface area (Å²) in [6, 6.07) is 16.0. The van der Waals surface area contributed by atoms with Crippen molar-refractivity contribution < 1.29 is 14.3 Å². The Morgan fingerprint density at radius 2 is 2.03 bits per heavy atom. The summed E-state index contributed by atoms with van der Waals surface area (Å²) >= 11 is 0. The first-order chi connectivity index (χ1) is 17.7. The van der Waals surface area contributed by atoms with Crippen LogP contribution in [0.4, 0.5) is 4.79 Å². The van der Waals surface area contributed by atoms with Gasteiger partial charge in [0.25, 0.3) is 0 Å². The molecule has 1 aliphatic heterocycles. The normalized spacial score (nSPS) is 18.1. The molecule has 7 heteroatoms. The number of imidazole rings is 1. The Balaban J connectivity index is 1.60. The molecule has 0 radical (unpaired) electrons. The van der Waals surface area contributed by atoms with Crippen molar-refractivity contribution in [3.63, 3.8) is 0 Å². The Morgan fingerprint density at radius 1 is 1.19 bits per heavy atom. The quantitative estimate of drug-likeness (QED) is 0.378. The zero-order valence-corrected chi connectivity index (χ0v) is 22.2. The van der Waals surface area contributed by atoms with Crippen LogP contribution in [0.5, 0.6) is 11.5 Å². The molecule has 2 aromatic carbocycles. The summed E-state index contributed by atoms with van der Waals surface area (Å²) < 4.78 is 14.0. The van der Waals surface area contributed by atoms with Crippen molar-refractivity contribution in [1.82, 2.24) is 14.5 Å². The molecule has 0 aliphatic carbocycles. The number of benzene rings is 2. The standard InChI is InChI=1S/C30H36N4O3/c1-5-30(13-6-7-15-34(21-30)28(35)37-29(2,3)4)25-9-8-10-26(18-25)36-27-17-23(11-12-24(27)19-31)20-33-16-14-32-22-33/h8-12,14,16-18,22H,5-7,13,15,20-21H2,1-4H3. The molecule has 1 aliphatic rings. The highest BCUT2D eigenvalue weighted by molar-refractivity contribution is 5.68. The fraction of sp³-hybridized carbons (Fsp3) is 0.433. The van der Waals surface area contributed by atoms with Crippen molar-refractivity contribution in [2.75, 3.05) is 13.1 Å². The highest BCUT2D eigenvalue weighted by Gasteiger charge is 2.37. The molecule has 4 rings (SSSR count). The average Bonchev–Trinajstić information content (AvgIpc) is 3.26. The first-order valence-corrected chi connectivity index (χ1v) is 13.0. The zero-order chi connectivity index (χ0) is 26.5. The van der Waals surface area contributed by atoms with Gasteiger partial charge in [-0.15, -0.1) is 0 Å². The molecule has 1 saturated heterocycles. The maximum absolute atomic E-state index is 13.0. The molecule has 2 heterocycles. The Morgan fingerprint density at radius 3 is 2.73 bits per heavy atom. The summed E-state index contributed by atoms with van der Waals surface area (Å²) in [5.41, 5.74) is 1.90. The van der Waals surface area contributed by atoms with Crippen molar-refractivity contribution in [1.29, 1.82) is 5.26 Å². The lowest BCUT2D eigenvalue weighted by molar-refractivity contribution is 0.0218. The van der Waals surface area contributed by atoms with Crippen molar-refractivity contribution in [3.8, 4) is 17.6 Å². The number of hydrogen-bond acceptors (Lipinski definition) is 5. The van der Waals surface area contributed by atoms with Crippen LogP contribution in [0.25, 0.3) is 0 Å². The number of aromatic nitrogens is 2. The third-order valence-corrected chi connectivity index (χ3v) is 6.92. The highest BCUT2D eigenvalue weighted by atomic mass is 16.6. The molecule has 3 aromatic rings. The number of amides is 1. The molecule has 0 spiro atoms. The molecule has 0 bridgehead atoms. The summed E-state index contributed by atoms with van der Waals surface area (Å²) in [6.45, 7) is 9.82. The zero-order valence-electron chi connectivity index (χ0n) is 22.2. The summed E-state index contributed by atoms with van der Waals surface area (Å²) in [6.07, 6.45) is 9.01. The first kappa shape index (κ1) is 26.3. The Kier molecular flexibility index (Phi) is 7.87. The molecular weight excluding hydrogens is 464 g/mol. The summed E-state index contributed by atoms with van der Waals surface area (Å²) in [4.78, 5) is 18.9. The third kappa shape index (κ3) is 6.51. The third-order valence-electron chi connectivity index (χ3n) is 6.92. The van der Waals surface area contributed by atoms with Gasteiger partial charge in [-0.3, -0.25) is 0 Å². The van der Waals surface area contributed by atoms with Gasteiger partial charge in [-0.2, -0.15) is 5.26 Å². The van der Waals surface area contributed by atoms with Crippen LogP contribution in [0, 0.1) is 11.3 Å². The van der Waals surface area contributed by atoms with E-state index in [2.05, 4.69) is 30.1 Å². The maximum Gasteiger partial charge on any atom is 0.410 e. The summed E-state index contributed by atoms with van der Waals surface area (Å²) in [5.74, 6) is 1.20. The first-order valence-electron chi connectivity index (χ1n) is 13.0.